The van der Waals surface area contributed by atoms with E-state index in [1.807, 2.05) is 0 Å². The minimum atomic E-state index is -5.02. The van der Waals surface area contributed by atoms with Crippen LogP contribution in [0, 0.1) is 0 Å². The second kappa shape index (κ2) is 15.0. The topological polar surface area (TPSA) is 287 Å². The lowest BCUT2D eigenvalue weighted by Crippen LogP contribution is -1.99. The van der Waals surface area contributed by atoms with Crippen molar-refractivity contribution < 1.29 is 46.1 Å². The van der Waals surface area contributed by atoms with Gasteiger partial charge < -0.3 is 21.1 Å². The molecule has 55 heavy (non-hydrogen) atoms. The molecule has 17 nitrogen and oxygen atoms in total. The number of carboxylic acids is 1. The summed E-state index contributed by atoms with van der Waals surface area (Å²) in [4.78, 5) is 9.94. The Morgan fingerprint density at radius 1 is 0.600 bits per heavy atom. The molecule has 20 heteroatoms. The largest absolute Gasteiger partial charge is 0.507 e. The van der Waals surface area contributed by atoms with Crippen molar-refractivity contribution in [3.63, 3.8) is 0 Å². The van der Waals surface area contributed by atoms with E-state index in [4.69, 9.17) is 17.3 Å². The summed E-state index contributed by atoms with van der Waals surface area (Å²) in [6, 6.07) is 24.2. The number of halogens is 1. The molecule has 7 N–H and O–H groups in total. The van der Waals surface area contributed by atoms with E-state index >= 15 is 0 Å². The molecular formula is C35H24ClN7O10S2. The Kier molecular flexibility index (Phi) is 10.4. The van der Waals surface area contributed by atoms with Crippen LogP contribution in [0.25, 0.3) is 21.9 Å². The van der Waals surface area contributed by atoms with Crippen LogP contribution in [-0.4, -0.2) is 47.2 Å². The fraction of sp³-hybridized carbons (Fsp3) is 0. The standard InChI is InChI=1S/C35H24ClN7O10S2/c36-27-16-23(54(48,49)50)10-13-29(27)41-42-32-25-17-31(55(51,52)53)33(34(45)24(25)11-12-28(32)37)43-39-21-7-3-19(4-8-21)18-1-5-20(6-2-18)38-40-22-9-14-30(44)26(15-22)35(46)47/h1-17,44-45H,37H2,(H,46,47)(H,48,49,50)(H,51,52,53). The number of rotatable bonds is 10. The summed E-state index contributed by atoms with van der Waals surface area (Å²) in [5.41, 5.74) is 7.54. The number of nitrogens with zero attached hydrogens (tertiary/aromatic N) is 6. The van der Waals surface area contributed by atoms with Gasteiger partial charge >= 0.3 is 5.97 Å². The van der Waals surface area contributed by atoms with E-state index in [9.17, 15) is 46.1 Å². The van der Waals surface area contributed by atoms with Crippen LogP contribution in [0.5, 0.6) is 11.5 Å². The van der Waals surface area contributed by atoms with Crippen LogP contribution in [0.1, 0.15) is 10.4 Å². The maximum Gasteiger partial charge on any atom is 0.339 e. The van der Waals surface area contributed by atoms with E-state index in [1.54, 1.807) is 48.5 Å². The maximum atomic E-state index is 12.5. The number of phenols is 2. The van der Waals surface area contributed by atoms with Crippen molar-refractivity contribution in [2.45, 2.75) is 9.79 Å². The third kappa shape index (κ3) is 8.45. The Balaban J connectivity index is 1.26. The number of hydrogen-bond acceptors (Lipinski definition) is 14. The lowest BCUT2D eigenvalue weighted by atomic mass is 10.1. The zero-order chi connectivity index (χ0) is 39.7. The zero-order valence-corrected chi connectivity index (χ0v) is 29.9. The number of fused-ring (bicyclic) bond motifs is 1. The van der Waals surface area contributed by atoms with Crippen molar-refractivity contribution in [3.05, 3.63) is 114 Å². The third-order valence-corrected chi connectivity index (χ3v) is 9.83. The molecule has 6 aromatic rings. The van der Waals surface area contributed by atoms with Gasteiger partial charge in [-0.05, 0) is 90.0 Å². The molecule has 0 atom stereocenters. The van der Waals surface area contributed by atoms with Crippen molar-refractivity contribution in [3.8, 4) is 22.6 Å². The number of benzene rings is 6. The van der Waals surface area contributed by atoms with Crippen molar-refractivity contribution in [2.75, 3.05) is 5.73 Å². The average Bonchev–Trinajstić information content (AvgIpc) is 3.13. The number of phenolic OH excluding ortho intramolecular Hbond substituents is 1. The van der Waals surface area contributed by atoms with E-state index in [0.717, 1.165) is 35.4 Å². The van der Waals surface area contributed by atoms with E-state index in [2.05, 4.69) is 30.7 Å². The van der Waals surface area contributed by atoms with Crippen molar-refractivity contribution in [1.29, 1.82) is 0 Å². The first-order chi connectivity index (χ1) is 26.0. The molecule has 0 aliphatic carbocycles. The first kappa shape index (κ1) is 38.1. The number of nitrogens with two attached hydrogens (primary N) is 1. The minimum absolute atomic E-state index is 0.0127. The van der Waals surface area contributed by atoms with Gasteiger partial charge in [0, 0.05) is 10.8 Å². The van der Waals surface area contributed by atoms with Crippen LogP contribution in [0.4, 0.5) is 39.8 Å². The van der Waals surface area contributed by atoms with Gasteiger partial charge in [0.2, 0.25) is 0 Å². The molecule has 278 valence electrons. The Morgan fingerprint density at radius 3 is 1.73 bits per heavy atom. The summed E-state index contributed by atoms with van der Waals surface area (Å²) in [7, 11) is -9.57. The van der Waals surface area contributed by atoms with Crippen molar-refractivity contribution in [2.24, 2.45) is 30.7 Å². The number of aromatic carboxylic acids is 1. The SMILES string of the molecule is Nc1ccc2c(O)c(N=Nc3ccc(-c4ccc(N=Nc5ccc(O)c(C(=O)O)c5)cc4)cc3)c(S(=O)(=O)O)cc2c1N=Nc1ccc(S(=O)(=O)O)cc1Cl. The highest BCUT2D eigenvalue weighted by Crippen LogP contribution is 2.46. The molecule has 0 aromatic heterocycles. The first-order valence-corrected chi connectivity index (χ1v) is 18.6. The Morgan fingerprint density at radius 2 is 1.16 bits per heavy atom. The summed E-state index contributed by atoms with van der Waals surface area (Å²) in [5.74, 6) is -2.37. The second-order valence-corrected chi connectivity index (χ2v) is 14.7. The van der Waals surface area contributed by atoms with Crippen LogP contribution in [0.3, 0.4) is 0 Å². The van der Waals surface area contributed by atoms with Crippen LogP contribution < -0.4 is 5.73 Å². The molecule has 0 spiro atoms. The summed E-state index contributed by atoms with van der Waals surface area (Å²) < 4.78 is 67.2. The van der Waals surface area contributed by atoms with Crippen LogP contribution in [-0.2, 0) is 20.2 Å². The fourth-order valence-corrected chi connectivity index (χ4v) is 6.52. The molecule has 0 saturated heterocycles. The molecule has 0 amide bonds. The molecule has 0 saturated carbocycles. The van der Waals surface area contributed by atoms with E-state index in [-0.39, 0.29) is 55.5 Å². The summed E-state index contributed by atoms with van der Waals surface area (Å²) in [6.45, 7) is 0. The van der Waals surface area contributed by atoms with Gasteiger partial charge in [0.1, 0.15) is 33.3 Å². The lowest BCUT2D eigenvalue weighted by molar-refractivity contribution is 0.0693. The third-order valence-electron chi connectivity index (χ3n) is 7.81. The lowest BCUT2D eigenvalue weighted by Gasteiger charge is -2.11. The van der Waals surface area contributed by atoms with Gasteiger partial charge in [0.05, 0.1) is 32.7 Å². The molecule has 0 aliphatic rings. The fourth-order valence-electron chi connectivity index (χ4n) is 5.08. The predicted molar refractivity (Wildman–Crippen MR) is 201 cm³/mol. The van der Waals surface area contributed by atoms with Gasteiger partial charge in [0.25, 0.3) is 20.2 Å². The van der Waals surface area contributed by atoms with Gasteiger partial charge in [-0.25, -0.2) is 4.79 Å². The highest BCUT2D eigenvalue weighted by molar-refractivity contribution is 7.86. The summed E-state index contributed by atoms with van der Waals surface area (Å²) in [6.07, 6.45) is 0. The highest BCUT2D eigenvalue weighted by atomic mass is 35.5. The number of aromatic hydroxyl groups is 2. The number of carbonyl (C=O) groups is 1. The maximum absolute atomic E-state index is 12.5. The quantitative estimate of drug-likeness (QED) is 0.0430. The number of nitrogen functional groups attached to an aromatic ring is 1. The van der Waals surface area contributed by atoms with Crippen LogP contribution in [0.15, 0.2) is 144 Å². The Hall–Kier alpha value is -6.64. The number of anilines is 1. The molecule has 0 unspecified atom stereocenters. The monoisotopic (exact) mass is 801 g/mol. The van der Waals surface area contributed by atoms with Crippen LogP contribution >= 0.6 is 11.6 Å². The first-order valence-electron chi connectivity index (χ1n) is 15.3. The Labute approximate surface area is 315 Å². The molecule has 0 aliphatic heterocycles. The van der Waals surface area contributed by atoms with E-state index < -0.39 is 47.4 Å². The molecule has 0 heterocycles. The van der Waals surface area contributed by atoms with Gasteiger partial charge in [-0.2, -0.15) is 32.2 Å². The predicted octanol–water partition coefficient (Wildman–Crippen LogP) is 9.59. The molecule has 6 aromatic carbocycles. The highest BCUT2D eigenvalue weighted by Gasteiger charge is 2.24. The second-order valence-electron chi connectivity index (χ2n) is 11.4. The smallest absolute Gasteiger partial charge is 0.339 e. The van der Waals surface area contributed by atoms with Gasteiger partial charge in [0.15, 0.2) is 5.75 Å². The Bertz CT molecular complexity index is 2830. The zero-order valence-electron chi connectivity index (χ0n) is 27.5. The number of hydrogen-bond donors (Lipinski definition) is 6. The number of azo groups is 3. The van der Waals surface area contributed by atoms with Gasteiger partial charge in [-0.1, -0.05) is 35.9 Å². The normalized spacial score (nSPS) is 12.3. The average molecular weight is 802 g/mol. The van der Waals surface area contributed by atoms with Gasteiger partial charge in [-0.15, -0.1) is 15.3 Å². The summed E-state index contributed by atoms with van der Waals surface area (Å²) in [5, 5.41) is 53.9. The molecule has 6 rings (SSSR count). The van der Waals surface area contributed by atoms with Crippen molar-refractivity contribution >= 4 is 88.4 Å². The minimum Gasteiger partial charge on any atom is -0.507 e. The molecular weight excluding hydrogens is 778 g/mol. The number of carboxylic acid groups (broad SMARTS) is 1. The summed E-state index contributed by atoms with van der Waals surface area (Å²) >= 11 is 6.10. The van der Waals surface area contributed by atoms with Gasteiger partial charge in [-0.3, -0.25) is 9.11 Å². The van der Waals surface area contributed by atoms with E-state index in [1.165, 1.54) is 30.3 Å². The van der Waals surface area contributed by atoms with E-state index in [0.29, 0.717) is 5.69 Å². The van der Waals surface area contributed by atoms with Crippen molar-refractivity contribution in [1.82, 2.24) is 0 Å². The molecule has 0 radical (unpaired) electrons. The van der Waals surface area contributed by atoms with Crippen LogP contribution in [0.2, 0.25) is 5.02 Å². The molecule has 0 bridgehead atoms. The molecule has 0 fully saturated rings.